The topological polar surface area (TPSA) is 109 Å². The quantitative estimate of drug-likeness (QED) is 0.124. The molecule has 1 aromatic heterocycles. The van der Waals surface area contributed by atoms with Crippen LogP contribution in [0.3, 0.4) is 0 Å². The van der Waals surface area contributed by atoms with Gasteiger partial charge in [0, 0.05) is 12.6 Å². The lowest BCUT2D eigenvalue weighted by Gasteiger charge is -2.16. The number of esters is 1. The number of amides is 1. The van der Waals surface area contributed by atoms with E-state index in [0.29, 0.717) is 45.6 Å². The van der Waals surface area contributed by atoms with Crippen LogP contribution in [0.2, 0.25) is 5.02 Å². The maximum Gasteiger partial charge on any atom is 0.307 e. The van der Waals surface area contributed by atoms with Gasteiger partial charge in [0.05, 0.1) is 36.3 Å². The van der Waals surface area contributed by atoms with Crippen molar-refractivity contribution in [3.05, 3.63) is 119 Å². The average Bonchev–Trinajstić information content (AvgIpc) is 3.53. The lowest BCUT2D eigenvalue weighted by atomic mass is 9.98. The SMILES string of the molecule is CCOC(=O)CCNC(=O)c1noc(-c2cc(Cl)c(OCc3ccccc3)cc2OCc2ccccc2)c1-c1ccc(OC)cc1. The van der Waals surface area contributed by atoms with Crippen molar-refractivity contribution >= 4 is 23.5 Å². The van der Waals surface area contributed by atoms with Crippen LogP contribution in [0.25, 0.3) is 22.5 Å². The first kappa shape index (κ1) is 32.1. The maximum atomic E-state index is 13.4. The fraction of sp³-hybridized carbons (Fsp3) is 0.194. The van der Waals surface area contributed by atoms with Crippen molar-refractivity contribution in [2.24, 2.45) is 0 Å². The van der Waals surface area contributed by atoms with E-state index in [-0.39, 0.29) is 37.6 Å². The Morgan fingerprint density at radius 1 is 0.848 bits per heavy atom. The molecule has 0 fully saturated rings. The molecule has 0 atom stereocenters. The highest BCUT2D eigenvalue weighted by Gasteiger charge is 2.28. The van der Waals surface area contributed by atoms with E-state index >= 15 is 0 Å². The van der Waals surface area contributed by atoms with Crippen LogP contribution in [0.15, 0.2) is 102 Å². The van der Waals surface area contributed by atoms with E-state index in [9.17, 15) is 9.59 Å². The highest BCUT2D eigenvalue weighted by atomic mass is 35.5. The van der Waals surface area contributed by atoms with Gasteiger partial charge in [-0.25, -0.2) is 0 Å². The summed E-state index contributed by atoms with van der Waals surface area (Å²) in [6.45, 7) is 2.59. The molecular formula is C36H33ClN2O7. The van der Waals surface area contributed by atoms with Gasteiger partial charge in [-0.1, -0.05) is 89.6 Å². The van der Waals surface area contributed by atoms with E-state index < -0.39 is 11.9 Å². The predicted molar refractivity (Wildman–Crippen MR) is 174 cm³/mol. The molecule has 46 heavy (non-hydrogen) atoms. The number of carbonyl (C=O) groups excluding carboxylic acids is 2. The van der Waals surface area contributed by atoms with Gasteiger partial charge in [-0.2, -0.15) is 0 Å². The average molecular weight is 641 g/mol. The molecule has 9 nitrogen and oxygen atoms in total. The molecule has 5 aromatic rings. The molecule has 10 heteroatoms. The van der Waals surface area contributed by atoms with E-state index in [2.05, 4.69) is 10.5 Å². The molecular weight excluding hydrogens is 608 g/mol. The van der Waals surface area contributed by atoms with E-state index in [1.165, 1.54) is 0 Å². The van der Waals surface area contributed by atoms with Crippen molar-refractivity contribution in [2.45, 2.75) is 26.6 Å². The molecule has 1 heterocycles. The van der Waals surface area contributed by atoms with Crippen molar-refractivity contribution in [3.8, 4) is 39.7 Å². The summed E-state index contributed by atoms with van der Waals surface area (Å²) in [5.74, 6) is 0.794. The second-order valence-corrected chi connectivity index (χ2v) is 10.5. The first-order valence-corrected chi connectivity index (χ1v) is 15.1. The molecule has 0 spiro atoms. The Hall–Kier alpha value is -5.28. The van der Waals surface area contributed by atoms with Crippen molar-refractivity contribution in [1.82, 2.24) is 10.5 Å². The second-order valence-electron chi connectivity index (χ2n) is 10.1. The normalized spacial score (nSPS) is 10.7. The molecule has 0 saturated carbocycles. The first-order chi connectivity index (χ1) is 22.5. The minimum Gasteiger partial charge on any atom is -0.497 e. The van der Waals surface area contributed by atoms with Gasteiger partial charge in [0.15, 0.2) is 11.5 Å². The number of ether oxygens (including phenoxy) is 4. The smallest absolute Gasteiger partial charge is 0.307 e. The van der Waals surface area contributed by atoms with Crippen molar-refractivity contribution in [1.29, 1.82) is 0 Å². The molecule has 1 amide bonds. The number of hydrogen-bond acceptors (Lipinski definition) is 8. The number of rotatable bonds is 14. The third-order valence-electron chi connectivity index (χ3n) is 6.96. The van der Waals surface area contributed by atoms with E-state index in [1.807, 2.05) is 60.7 Å². The number of carbonyl (C=O) groups is 2. The number of nitrogens with zero attached hydrogens (tertiary/aromatic N) is 1. The summed E-state index contributed by atoms with van der Waals surface area (Å²) < 4.78 is 28.6. The number of benzene rings is 4. The van der Waals surface area contributed by atoms with Crippen molar-refractivity contribution < 1.29 is 33.1 Å². The number of nitrogens with one attached hydrogen (secondary N) is 1. The summed E-state index contributed by atoms with van der Waals surface area (Å²) in [6, 6.07) is 30.0. The van der Waals surface area contributed by atoms with Gasteiger partial charge in [0.25, 0.3) is 5.91 Å². The monoisotopic (exact) mass is 640 g/mol. The Bertz CT molecular complexity index is 1760. The van der Waals surface area contributed by atoms with Crippen LogP contribution in [0.1, 0.15) is 35.0 Å². The van der Waals surface area contributed by atoms with Gasteiger partial charge >= 0.3 is 5.97 Å². The van der Waals surface area contributed by atoms with Gasteiger partial charge in [-0.15, -0.1) is 0 Å². The first-order valence-electron chi connectivity index (χ1n) is 14.7. The number of methoxy groups -OCH3 is 1. The van der Waals surface area contributed by atoms with E-state index in [0.717, 1.165) is 11.1 Å². The highest BCUT2D eigenvalue weighted by molar-refractivity contribution is 6.32. The molecule has 0 bridgehead atoms. The van der Waals surface area contributed by atoms with Crippen molar-refractivity contribution in [3.63, 3.8) is 0 Å². The molecule has 0 aliphatic carbocycles. The van der Waals surface area contributed by atoms with Crippen LogP contribution < -0.4 is 19.5 Å². The van der Waals surface area contributed by atoms with Crippen LogP contribution >= 0.6 is 11.6 Å². The van der Waals surface area contributed by atoms with E-state index in [1.54, 1.807) is 50.4 Å². The minimum absolute atomic E-state index is 0.0136. The third-order valence-corrected chi connectivity index (χ3v) is 7.25. The molecule has 5 rings (SSSR count). The number of hydrogen-bond donors (Lipinski definition) is 1. The Morgan fingerprint density at radius 3 is 2.09 bits per heavy atom. The van der Waals surface area contributed by atoms with Gasteiger partial charge in [0.2, 0.25) is 0 Å². The zero-order chi connectivity index (χ0) is 32.3. The Balaban J connectivity index is 1.54. The summed E-state index contributed by atoms with van der Waals surface area (Å²) in [4.78, 5) is 25.2. The fourth-order valence-electron chi connectivity index (χ4n) is 4.66. The molecule has 4 aromatic carbocycles. The zero-order valence-electron chi connectivity index (χ0n) is 25.5. The molecule has 0 unspecified atom stereocenters. The van der Waals surface area contributed by atoms with Crippen LogP contribution in [-0.2, 0) is 22.7 Å². The number of aromatic nitrogens is 1. The van der Waals surface area contributed by atoms with Crippen molar-refractivity contribution in [2.75, 3.05) is 20.3 Å². The summed E-state index contributed by atoms with van der Waals surface area (Å²) in [5.41, 5.74) is 3.47. The fourth-order valence-corrected chi connectivity index (χ4v) is 4.88. The lowest BCUT2D eigenvalue weighted by molar-refractivity contribution is -0.142. The van der Waals surface area contributed by atoms with Gasteiger partial charge in [0.1, 0.15) is 30.5 Å². The van der Waals surface area contributed by atoms with Crippen LogP contribution in [0.5, 0.6) is 17.2 Å². The maximum absolute atomic E-state index is 13.4. The Kier molecular flexibility index (Phi) is 10.9. The minimum atomic E-state index is -0.522. The molecule has 0 aliphatic rings. The molecule has 0 aliphatic heterocycles. The lowest BCUT2D eigenvalue weighted by Crippen LogP contribution is -2.27. The van der Waals surface area contributed by atoms with Gasteiger partial charge in [-0.3, -0.25) is 9.59 Å². The molecule has 0 saturated heterocycles. The Labute approximate surface area is 272 Å². The summed E-state index contributed by atoms with van der Waals surface area (Å²) in [5, 5.41) is 7.22. The van der Waals surface area contributed by atoms with Gasteiger partial charge < -0.3 is 28.8 Å². The van der Waals surface area contributed by atoms with Crippen LogP contribution in [0, 0.1) is 0 Å². The van der Waals surface area contributed by atoms with Crippen LogP contribution in [-0.4, -0.2) is 37.3 Å². The van der Waals surface area contributed by atoms with Crippen LogP contribution in [0.4, 0.5) is 0 Å². The highest BCUT2D eigenvalue weighted by Crippen LogP contribution is 2.44. The molecule has 0 radical (unpaired) electrons. The van der Waals surface area contributed by atoms with E-state index in [4.69, 9.17) is 35.1 Å². The number of halogens is 1. The molecule has 1 N–H and O–H groups in total. The summed E-state index contributed by atoms with van der Waals surface area (Å²) >= 11 is 6.78. The standard InChI is InChI=1S/C36H33ClN2O7/c1-3-43-32(40)18-19-38-36(41)34-33(26-14-16-27(42-2)17-15-26)35(46-39-34)28-20-29(37)31(45-23-25-12-8-5-9-13-25)21-30(28)44-22-24-10-6-4-7-11-24/h4-17,20-21H,3,18-19,22-23H2,1-2H3,(H,38,41). The predicted octanol–water partition coefficient (Wildman–Crippen LogP) is 7.51. The third kappa shape index (κ3) is 8.05. The summed E-state index contributed by atoms with van der Waals surface area (Å²) in [7, 11) is 1.57. The zero-order valence-corrected chi connectivity index (χ0v) is 26.2. The molecule has 236 valence electrons. The largest absolute Gasteiger partial charge is 0.497 e. The summed E-state index contributed by atoms with van der Waals surface area (Å²) in [6.07, 6.45) is 0.0136. The second kappa shape index (κ2) is 15.6. The Morgan fingerprint density at radius 2 is 1.48 bits per heavy atom. The van der Waals surface area contributed by atoms with Gasteiger partial charge in [-0.05, 0) is 41.8 Å².